The molecule has 2 unspecified atom stereocenters. The first-order chi connectivity index (χ1) is 7.18. The Morgan fingerprint density at radius 2 is 1.80 bits per heavy atom. The van der Waals surface area contributed by atoms with Crippen LogP contribution in [0.25, 0.3) is 5.57 Å². The van der Waals surface area contributed by atoms with Crippen molar-refractivity contribution in [2.24, 2.45) is 11.7 Å². The van der Waals surface area contributed by atoms with E-state index in [1.807, 2.05) is 0 Å². The van der Waals surface area contributed by atoms with Crippen LogP contribution in [0, 0.1) is 12.8 Å². The second-order valence-corrected chi connectivity index (χ2v) is 4.24. The van der Waals surface area contributed by atoms with Gasteiger partial charge in [0.15, 0.2) is 0 Å². The Labute approximate surface area is 91.3 Å². The van der Waals surface area contributed by atoms with E-state index in [2.05, 4.69) is 56.3 Å². The molecule has 0 radical (unpaired) electrons. The van der Waals surface area contributed by atoms with Crippen molar-refractivity contribution in [2.75, 3.05) is 0 Å². The van der Waals surface area contributed by atoms with Crippen LogP contribution in [0.5, 0.6) is 0 Å². The molecule has 1 nitrogen and oxygen atoms in total. The normalized spacial score (nSPS) is 25.1. The highest BCUT2D eigenvalue weighted by Gasteiger charge is 2.18. The van der Waals surface area contributed by atoms with E-state index < -0.39 is 0 Å². The fraction of sp³-hybridized carbons (Fsp3) is 0.286. The number of allylic oxidation sites excluding steroid dienone is 2. The monoisotopic (exact) mass is 199 g/mol. The van der Waals surface area contributed by atoms with E-state index in [0.717, 1.165) is 0 Å². The summed E-state index contributed by atoms with van der Waals surface area (Å²) in [6.07, 6.45) is 6.28. The predicted molar refractivity (Wildman–Crippen MR) is 65.4 cm³/mol. The van der Waals surface area contributed by atoms with E-state index in [4.69, 9.17) is 5.73 Å². The fourth-order valence-electron chi connectivity index (χ4n) is 1.92. The fourth-order valence-corrected chi connectivity index (χ4v) is 1.92. The second kappa shape index (κ2) is 4.03. The van der Waals surface area contributed by atoms with Crippen molar-refractivity contribution >= 4 is 5.57 Å². The van der Waals surface area contributed by atoms with Gasteiger partial charge in [-0.1, -0.05) is 55.0 Å². The average Bonchev–Trinajstić information content (AvgIpc) is 2.24. The molecule has 0 saturated heterocycles. The molecule has 2 rings (SSSR count). The van der Waals surface area contributed by atoms with Gasteiger partial charge in [-0.15, -0.1) is 0 Å². The minimum atomic E-state index is 0.145. The van der Waals surface area contributed by atoms with Crippen molar-refractivity contribution in [3.8, 4) is 0 Å². The first kappa shape index (κ1) is 10.2. The van der Waals surface area contributed by atoms with E-state index in [0.29, 0.717) is 5.92 Å². The number of hydrogen-bond donors (Lipinski definition) is 1. The highest BCUT2D eigenvalue weighted by Crippen LogP contribution is 2.28. The maximum absolute atomic E-state index is 6.01. The lowest BCUT2D eigenvalue weighted by molar-refractivity contribution is 0.642. The van der Waals surface area contributed by atoms with Crippen LogP contribution in [0.4, 0.5) is 0 Å². The van der Waals surface area contributed by atoms with Gasteiger partial charge in [0, 0.05) is 12.0 Å². The Morgan fingerprint density at radius 1 is 1.13 bits per heavy atom. The van der Waals surface area contributed by atoms with E-state index in [1.54, 1.807) is 0 Å². The molecule has 1 aliphatic carbocycles. The lowest BCUT2D eigenvalue weighted by Gasteiger charge is -2.23. The zero-order valence-corrected chi connectivity index (χ0v) is 9.27. The summed E-state index contributed by atoms with van der Waals surface area (Å²) in [6.45, 7) is 4.29. The molecule has 1 aromatic carbocycles. The summed E-state index contributed by atoms with van der Waals surface area (Å²) >= 11 is 0. The molecule has 0 saturated carbocycles. The van der Waals surface area contributed by atoms with Gasteiger partial charge in [0.2, 0.25) is 0 Å². The predicted octanol–water partition coefficient (Wildman–Crippen LogP) is 2.91. The molecule has 78 valence electrons. The third-order valence-corrected chi connectivity index (χ3v) is 3.06. The molecule has 0 aromatic heterocycles. The van der Waals surface area contributed by atoms with Crippen molar-refractivity contribution in [3.05, 3.63) is 53.6 Å². The van der Waals surface area contributed by atoms with Crippen LogP contribution in [0.15, 0.2) is 42.5 Å². The molecular weight excluding hydrogens is 182 g/mol. The number of benzene rings is 1. The largest absolute Gasteiger partial charge is 0.324 e. The number of nitrogens with two attached hydrogens (primary N) is 1. The second-order valence-electron chi connectivity index (χ2n) is 4.24. The van der Waals surface area contributed by atoms with Gasteiger partial charge in [-0.25, -0.2) is 0 Å². The van der Waals surface area contributed by atoms with Crippen LogP contribution in [0.3, 0.4) is 0 Å². The maximum Gasteiger partial charge on any atom is 0.0294 e. The van der Waals surface area contributed by atoms with Crippen molar-refractivity contribution < 1.29 is 0 Å². The van der Waals surface area contributed by atoms with E-state index in [-0.39, 0.29) is 6.04 Å². The van der Waals surface area contributed by atoms with Gasteiger partial charge >= 0.3 is 0 Å². The molecule has 0 aliphatic heterocycles. The SMILES string of the molecule is Cc1ccc(C2=CC=CC(N)C2C)cc1. The van der Waals surface area contributed by atoms with E-state index >= 15 is 0 Å². The topological polar surface area (TPSA) is 26.0 Å². The van der Waals surface area contributed by atoms with Crippen molar-refractivity contribution in [3.63, 3.8) is 0 Å². The van der Waals surface area contributed by atoms with Gasteiger partial charge in [-0.05, 0) is 18.1 Å². The van der Waals surface area contributed by atoms with Crippen LogP contribution in [0.2, 0.25) is 0 Å². The third-order valence-electron chi connectivity index (χ3n) is 3.06. The van der Waals surface area contributed by atoms with E-state index in [9.17, 15) is 0 Å². The standard InChI is InChI=1S/C14H17N/c1-10-6-8-12(9-7-10)13-4-3-5-14(15)11(13)2/h3-9,11,14H,15H2,1-2H3. The summed E-state index contributed by atoms with van der Waals surface area (Å²) in [6, 6.07) is 8.78. The van der Waals surface area contributed by atoms with Gasteiger partial charge in [-0.3, -0.25) is 0 Å². The summed E-state index contributed by atoms with van der Waals surface area (Å²) in [5, 5.41) is 0. The molecule has 0 heterocycles. The first-order valence-corrected chi connectivity index (χ1v) is 5.39. The highest BCUT2D eigenvalue weighted by molar-refractivity contribution is 5.70. The third kappa shape index (κ3) is 2.02. The first-order valence-electron chi connectivity index (χ1n) is 5.39. The molecule has 0 amide bonds. The van der Waals surface area contributed by atoms with Crippen molar-refractivity contribution in [2.45, 2.75) is 19.9 Å². The minimum Gasteiger partial charge on any atom is -0.324 e. The average molecular weight is 199 g/mol. The Hall–Kier alpha value is -1.34. The number of hydrogen-bond acceptors (Lipinski definition) is 1. The Morgan fingerprint density at radius 3 is 2.47 bits per heavy atom. The van der Waals surface area contributed by atoms with Crippen molar-refractivity contribution in [1.82, 2.24) is 0 Å². The van der Waals surface area contributed by atoms with Gasteiger partial charge in [-0.2, -0.15) is 0 Å². The Bertz CT molecular complexity index is 398. The number of rotatable bonds is 1. The minimum absolute atomic E-state index is 0.145. The zero-order valence-electron chi connectivity index (χ0n) is 9.27. The maximum atomic E-state index is 6.01. The molecule has 0 fully saturated rings. The van der Waals surface area contributed by atoms with E-state index in [1.165, 1.54) is 16.7 Å². The Balaban J connectivity index is 2.34. The Kier molecular flexibility index (Phi) is 2.74. The summed E-state index contributed by atoms with van der Waals surface area (Å²) in [4.78, 5) is 0. The summed E-state index contributed by atoms with van der Waals surface area (Å²) in [5.41, 5.74) is 9.93. The van der Waals surface area contributed by atoms with Gasteiger partial charge < -0.3 is 5.73 Å². The van der Waals surface area contributed by atoms with Crippen LogP contribution in [-0.2, 0) is 0 Å². The molecule has 1 heteroatoms. The summed E-state index contributed by atoms with van der Waals surface area (Å²) in [7, 11) is 0. The van der Waals surface area contributed by atoms with Crippen LogP contribution in [0.1, 0.15) is 18.1 Å². The molecule has 0 bridgehead atoms. The molecule has 1 aliphatic rings. The lowest BCUT2D eigenvalue weighted by Crippen LogP contribution is -2.28. The van der Waals surface area contributed by atoms with Gasteiger partial charge in [0.25, 0.3) is 0 Å². The molecule has 2 N–H and O–H groups in total. The quantitative estimate of drug-likeness (QED) is 0.739. The molecule has 0 spiro atoms. The van der Waals surface area contributed by atoms with Crippen LogP contribution >= 0.6 is 0 Å². The zero-order chi connectivity index (χ0) is 10.8. The van der Waals surface area contributed by atoms with Crippen LogP contribution < -0.4 is 5.73 Å². The molecule has 15 heavy (non-hydrogen) atoms. The number of aryl methyl sites for hydroxylation is 1. The lowest BCUT2D eigenvalue weighted by atomic mass is 9.85. The summed E-state index contributed by atoms with van der Waals surface area (Å²) in [5.74, 6) is 0.401. The molecule has 2 atom stereocenters. The van der Waals surface area contributed by atoms with Crippen molar-refractivity contribution in [1.29, 1.82) is 0 Å². The van der Waals surface area contributed by atoms with Gasteiger partial charge in [0.1, 0.15) is 0 Å². The molecule has 1 aromatic rings. The van der Waals surface area contributed by atoms with Gasteiger partial charge in [0.05, 0.1) is 0 Å². The van der Waals surface area contributed by atoms with Crippen LogP contribution in [-0.4, -0.2) is 6.04 Å². The highest BCUT2D eigenvalue weighted by atomic mass is 14.6. The molecular formula is C14H17N. The smallest absolute Gasteiger partial charge is 0.0294 e. The summed E-state index contributed by atoms with van der Waals surface area (Å²) < 4.78 is 0.